The molecule has 6 nitrogen and oxygen atoms in total. The van der Waals surface area contributed by atoms with E-state index in [4.69, 9.17) is 22.2 Å². The molecule has 2 aromatic rings. The van der Waals surface area contributed by atoms with Crippen LogP contribution in [0, 0.1) is 11.3 Å². The van der Waals surface area contributed by atoms with Crippen molar-refractivity contribution in [2.45, 2.75) is 84.1 Å². The van der Waals surface area contributed by atoms with Crippen LogP contribution < -0.4 is 15.0 Å². The summed E-state index contributed by atoms with van der Waals surface area (Å²) in [7, 11) is 0. The monoisotopic (exact) mass is 574 g/mol. The Morgan fingerprint density at radius 2 is 1.82 bits per heavy atom. The number of carbonyl (C=O) groups excluding carboxylic acids is 1. The molecule has 0 spiro atoms. The van der Waals surface area contributed by atoms with Crippen molar-refractivity contribution in [3.8, 4) is 11.8 Å². The molecule has 1 N–H and O–H groups in total. The topological polar surface area (TPSA) is 68.6 Å². The number of thiocarbonyl (C=S) groups is 1. The summed E-state index contributed by atoms with van der Waals surface area (Å²) in [6.45, 7) is 10.3. The summed E-state index contributed by atoms with van der Waals surface area (Å²) in [6.07, 6.45) is -0.608. The number of halogens is 3. The molecular formula is C30H37F3N4O2S. The molecule has 40 heavy (non-hydrogen) atoms. The van der Waals surface area contributed by atoms with Crippen LogP contribution in [-0.2, 0) is 11.0 Å². The van der Waals surface area contributed by atoms with Crippen LogP contribution in [0.4, 0.5) is 18.9 Å². The van der Waals surface area contributed by atoms with Crippen molar-refractivity contribution < 1.29 is 22.7 Å². The maximum absolute atomic E-state index is 13.6. The van der Waals surface area contributed by atoms with Crippen molar-refractivity contribution in [1.29, 1.82) is 5.26 Å². The van der Waals surface area contributed by atoms with Gasteiger partial charge in [0.1, 0.15) is 17.9 Å². The molecule has 216 valence electrons. The van der Waals surface area contributed by atoms with Crippen molar-refractivity contribution in [2.24, 2.45) is 0 Å². The van der Waals surface area contributed by atoms with Gasteiger partial charge in [0.25, 0.3) is 5.91 Å². The van der Waals surface area contributed by atoms with Crippen LogP contribution >= 0.6 is 12.2 Å². The molecule has 1 amide bonds. The van der Waals surface area contributed by atoms with E-state index in [0.29, 0.717) is 11.8 Å². The number of benzene rings is 2. The number of nitrogens with one attached hydrogen (secondary N) is 1. The molecule has 0 radical (unpaired) electrons. The van der Waals surface area contributed by atoms with Crippen molar-refractivity contribution in [1.82, 2.24) is 10.2 Å². The number of ether oxygens (including phenoxy) is 1. The zero-order valence-electron chi connectivity index (χ0n) is 23.6. The number of hydrogen-bond acceptors (Lipinski definition) is 5. The van der Waals surface area contributed by atoms with Crippen molar-refractivity contribution >= 4 is 28.9 Å². The molecule has 1 heterocycles. The number of nitrogens with zero attached hydrogens (tertiary/aromatic N) is 3. The van der Waals surface area contributed by atoms with Crippen LogP contribution in [0.3, 0.4) is 0 Å². The van der Waals surface area contributed by atoms with Gasteiger partial charge in [0.2, 0.25) is 0 Å². The van der Waals surface area contributed by atoms with Gasteiger partial charge in [-0.05, 0) is 81.2 Å². The van der Waals surface area contributed by atoms with Gasteiger partial charge in [-0.1, -0.05) is 39.3 Å². The predicted molar refractivity (Wildman–Crippen MR) is 154 cm³/mol. The van der Waals surface area contributed by atoms with Crippen LogP contribution in [0.25, 0.3) is 0 Å². The first kappa shape index (κ1) is 31.4. The Bertz CT molecular complexity index is 1250. The van der Waals surface area contributed by atoms with E-state index in [2.05, 4.69) is 32.2 Å². The maximum atomic E-state index is 13.6. The lowest BCUT2D eigenvalue weighted by molar-refractivity contribution is -0.137. The lowest BCUT2D eigenvalue weighted by atomic mass is 10.00. The second-order valence-electron chi connectivity index (χ2n) is 10.4. The van der Waals surface area contributed by atoms with E-state index in [1.165, 1.54) is 6.07 Å². The van der Waals surface area contributed by atoms with Gasteiger partial charge in [0.05, 0.1) is 29.4 Å². The second-order valence-corrected chi connectivity index (χ2v) is 10.8. The first-order valence-electron chi connectivity index (χ1n) is 13.6. The van der Waals surface area contributed by atoms with Gasteiger partial charge in [0.15, 0.2) is 5.11 Å². The van der Waals surface area contributed by atoms with Crippen LogP contribution in [-0.4, -0.2) is 40.7 Å². The highest BCUT2D eigenvalue weighted by Gasteiger charge is 2.49. The third-order valence-corrected chi connectivity index (χ3v) is 7.76. The zero-order valence-corrected chi connectivity index (χ0v) is 24.5. The fraction of sp³-hybridized carbons (Fsp3) is 0.500. The number of rotatable bonds is 12. The first-order chi connectivity index (χ1) is 18.9. The Balaban J connectivity index is 1.75. The van der Waals surface area contributed by atoms with Crippen LogP contribution in [0.1, 0.15) is 83.0 Å². The summed E-state index contributed by atoms with van der Waals surface area (Å²) in [5, 5.41) is 12.9. The number of nitriles is 1. The van der Waals surface area contributed by atoms with E-state index in [1.54, 1.807) is 24.8 Å². The van der Waals surface area contributed by atoms with Crippen molar-refractivity contribution in [2.75, 3.05) is 18.1 Å². The van der Waals surface area contributed by atoms with Gasteiger partial charge < -0.3 is 15.0 Å². The fourth-order valence-corrected chi connectivity index (χ4v) is 5.47. The van der Waals surface area contributed by atoms with Gasteiger partial charge in [-0.3, -0.25) is 9.69 Å². The van der Waals surface area contributed by atoms with E-state index >= 15 is 0 Å². The molecule has 1 fully saturated rings. The molecule has 0 bridgehead atoms. The van der Waals surface area contributed by atoms with Gasteiger partial charge in [-0.2, -0.15) is 18.4 Å². The normalized spacial score (nSPS) is 16.0. The highest BCUT2D eigenvalue weighted by atomic mass is 32.1. The quantitative estimate of drug-likeness (QED) is 0.276. The Labute approximate surface area is 240 Å². The smallest absolute Gasteiger partial charge is 0.417 e. The Morgan fingerprint density at radius 1 is 1.12 bits per heavy atom. The molecule has 0 aromatic heterocycles. The number of anilines is 1. The number of alkyl halides is 3. The van der Waals surface area contributed by atoms with E-state index in [9.17, 15) is 18.0 Å². The lowest BCUT2D eigenvalue weighted by Crippen LogP contribution is -2.45. The summed E-state index contributed by atoms with van der Waals surface area (Å²) in [6, 6.07) is 13.3. The molecule has 0 saturated carbocycles. The molecular weight excluding hydrogens is 537 g/mol. The zero-order chi connectivity index (χ0) is 29.7. The van der Waals surface area contributed by atoms with Crippen LogP contribution in [0.15, 0.2) is 42.5 Å². The van der Waals surface area contributed by atoms with E-state index < -0.39 is 28.7 Å². The average molecular weight is 575 g/mol. The molecule has 1 aliphatic rings. The molecule has 0 aliphatic carbocycles. The van der Waals surface area contributed by atoms with Crippen molar-refractivity contribution in [3.05, 3.63) is 59.2 Å². The molecule has 1 aliphatic heterocycles. The van der Waals surface area contributed by atoms with Gasteiger partial charge in [-0.25, -0.2) is 0 Å². The molecule has 1 atom stereocenters. The largest absolute Gasteiger partial charge is 0.492 e. The number of hydrogen-bond donors (Lipinski definition) is 1. The Kier molecular flexibility index (Phi) is 10.2. The summed E-state index contributed by atoms with van der Waals surface area (Å²) in [4.78, 5) is 16.1. The van der Waals surface area contributed by atoms with E-state index in [1.807, 2.05) is 18.2 Å². The molecule has 3 rings (SSSR count). The van der Waals surface area contributed by atoms with E-state index in [-0.39, 0.29) is 30.0 Å². The highest BCUT2D eigenvalue weighted by Crippen LogP contribution is 2.38. The summed E-state index contributed by atoms with van der Waals surface area (Å²) in [5.74, 6) is 0.241. The number of carbonyl (C=O) groups is 1. The molecule has 1 saturated heterocycles. The van der Waals surface area contributed by atoms with Gasteiger partial charge >= 0.3 is 6.18 Å². The van der Waals surface area contributed by atoms with Gasteiger partial charge in [0, 0.05) is 12.1 Å². The molecule has 10 heteroatoms. The minimum Gasteiger partial charge on any atom is -0.492 e. The third-order valence-electron chi connectivity index (χ3n) is 7.35. The summed E-state index contributed by atoms with van der Waals surface area (Å²) >= 11 is 5.57. The molecule has 0 unspecified atom stereocenters. The van der Waals surface area contributed by atoms with E-state index in [0.717, 1.165) is 48.3 Å². The summed E-state index contributed by atoms with van der Waals surface area (Å²) < 4.78 is 46.7. The maximum Gasteiger partial charge on any atom is 0.417 e. The SMILES string of the molecule is CCC[C@@H](NC(CC)CC)c1cccc(OCCN2C(=S)N(c3ccc(C#N)c(C(F)(F)F)c3)C(=O)C2(C)C)c1. The fourth-order valence-electron chi connectivity index (χ4n) is 4.96. The minimum atomic E-state index is -4.75. The van der Waals surface area contributed by atoms with Crippen LogP contribution in [0.5, 0.6) is 5.75 Å². The highest BCUT2D eigenvalue weighted by molar-refractivity contribution is 7.80. The minimum absolute atomic E-state index is 0.0301. The Morgan fingerprint density at radius 3 is 2.42 bits per heavy atom. The lowest BCUT2D eigenvalue weighted by Gasteiger charge is -2.29. The standard InChI is InChI=1S/C30H37F3N4O2S/c1-6-10-26(35-22(7-2)8-3)20-11-9-12-24(17-20)39-16-15-36-28(40)37(27(38)29(36,4)5)23-14-13-21(19-34)25(18-23)30(31,32)33/h9,11-14,17-18,22,26,35H,6-8,10,15-16H2,1-5H3/t26-/m1/s1. The number of amides is 1. The summed E-state index contributed by atoms with van der Waals surface area (Å²) in [5.41, 5.74) is -1.61. The Hall–Kier alpha value is -3.16. The van der Waals surface area contributed by atoms with Crippen molar-refractivity contribution in [3.63, 3.8) is 0 Å². The molecule has 2 aromatic carbocycles. The third kappa shape index (κ3) is 6.76. The van der Waals surface area contributed by atoms with Gasteiger partial charge in [-0.15, -0.1) is 0 Å². The second kappa shape index (κ2) is 13.0. The first-order valence-corrected chi connectivity index (χ1v) is 14.1. The predicted octanol–water partition coefficient (Wildman–Crippen LogP) is 6.99. The van der Waals surface area contributed by atoms with Crippen LogP contribution in [0.2, 0.25) is 0 Å². The average Bonchev–Trinajstić information content (AvgIpc) is 3.09.